The van der Waals surface area contributed by atoms with Crippen molar-refractivity contribution in [2.75, 3.05) is 20.8 Å². The van der Waals surface area contributed by atoms with Gasteiger partial charge in [0.05, 0.1) is 37.2 Å². The third kappa shape index (κ3) is 11.4. The fourth-order valence-electron chi connectivity index (χ4n) is 6.59. The Morgan fingerprint density at radius 3 is 1.95 bits per heavy atom. The van der Waals surface area contributed by atoms with Gasteiger partial charge in [-0.1, -0.05) is 86.8 Å². The molecule has 1 aliphatic carbocycles. The minimum absolute atomic E-state index is 0.0253. The number of aromatic nitrogens is 3. The van der Waals surface area contributed by atoms with Crippen LogP contribution < -0.4 is 11.1 Å². The third-order valence-corrected chi connectivity index (χ3v) is 26.7. The maximum Gasteiger partial charge on any atom is 0.366 e. The Labute approximate surface area is 335 Å². The van der Waals surface area contributed by atoms with Crippen molar-refractivity contribution in [2.45, 2.75) is 204 Å². The van der Waals surface area contributed by atoms with Gasteiger partial charge >= 0.3 is 5.97 Å². The topological polar surface area (TPSA) is 158 Å². The number of carbonyl (C=O) groups excluding carboxylic acids is 2. The molecule has 2 aliphatic rings. The summed E-state index contributed by atoms with van der Waals surface area (Å²) in [6.45, 7) is 32.5. The van der Waals surface area contributed by atoms with Gasteiger partial charge in [-0.05, 0) is 67.2 Å². The van der Waals surface area contributed by atoms with E-state index in [0.717, 1.165) is 18.5 Å². The van der Waals surface area contributed by atoms with Crippen LogP contribution in [-0.2, 0) is 43.6 Å². The van der Waals surface area contributed by atoms with Crippen molar-refractivity contribution in [2.24, 2.45) is 5.73 Å². The Morgan fingerprint density at radius 2 is 1.45 bits per heavy atom. The Bertz CT molecular complexity index is 1430. The smallest absolute Gasteiger partial charge is 0.366 e. The van der Waals surface area contributed by atoms with Gasteiger partial charge in [0.1, 0.15) is 12.6 Å². The summed E-state index contributed by atoms with van der Waals surface area (Å²) >= 11 is 0. The van der Waals surface area contributed by atoms with Crippen molar-refractivity contribution in [1.29, 1.82) is 0 Å². The molecule has 6 atom stereocenters. The van der Waals surface area contributed by atoms with Crippen molar-refractivity contribution in [3.8, 4) is 0 Å². The van der Waals surface area contributed by atoms with Crippen molar-refractivity contribution < 1.29 is 37.1 Å². The van der Waals surface area contributed by atoms with Crippen LogP contribution in [0.15, 0.2) is 6.20 Å². The van der Waals surface area contributed by atoms with Gasteiger partial charge in [0, 0.05) is 32.2 Å². The molecule has 0 radical (unpaired) electrons. The number of hydrogen-bond acceptors (Lipinski definition) is 11. The Morgan fingerprint density at radius 1 is 0.909 bits per heavy atom. The first-order chi connectivity index (χ1) is 25.0. The summed E-state index contributed by atoms with van der Waals surface area (Å²) in [4.78, 5) is 28.1. The van der Waals surface area contributed by atoms with E-state index >= 15 is 0 Å². The number of nitrogens with zero attached hydrogens (tertiary/aromatic N) is 3. The summed E-state index contributed by atoms with van der Waals surface area (Å²) in [5.41, 5.74) is 7.60. The van der Waals surface area contributed by atoms with E-state index in [2.05, 4.69) is 117 Å². The van der Waals surface area contributed by atoms with Gasteiger partial charge in [-0.25, -0.2) is 9.48 Å². The highest BCUT2D eigenvalue weighted by atomic mass is 28.4. The molecule has 1 amide bonds. The lowest BCUT2D eigenvalue weighted by Crippen LogP contribution is -2.71. The number of rotatable bonds is 15. The maximum absolute atomic E-state index is 14.3. The molecule has 0 bridgehead atoms. The average molecular weight is 828 g/mol. The number of amides is 1. The van der Waals surface area contributed by atoms with Crippen molar-refractivity contribution >= 4 is 36.8 Å². The van der Waals surface area contributed by atoms with Gasteiger partial charge in [-0.3, -0.25) is 4.79 Å². The van der Waals surface area contributed by atoms with Crippen LogP contribution in [0.1, 0.15) is 112 Å². The zero-order valence-corrected chi connectivity index (χ0v) is 40.4. The Kier molecular flexibility index (Phi) is 15.5. The third-order valence-electron chi connectivity index (χ3n) is 13.3. The molecule has 2 heterocycles. The van der Waals surface area contributed by atoms with Crippen LogP contribution >= 0.6 is 0 Å². The summed E-state index contributed by atoms with van der Waals surface area (Å²) in [6, 6.07) is -0.803. The van der Waals surface area contributed by atoms with Crippen LogP contribution in [0, 0.1) is 0 Å². The summed E-state index contributed by atoms with van der Waals surface area (Å²) in [5.74, 6) is -2.51. The van der Waals surface area contributed by atoms with Crippen LogP contribution in [0.5, 0.6) is 0 Å². The van der Waals surface area contributed by atoms with Crippen molar-refractivity contribution in [3.63, 3.8) is 0 Å². The SMILES string of the molecule is COC(=O)[C@@]1(OC)C[C@H](O[Si](C)(C)C(C)(C)C)[C@@H](NC(=O)Cn2cc(C3CCCCC3)nn2)[C@H]([C@H](O[Si](C)(C)C(C)(C)C)[C@@H](CN)O[Si](C)(C)C(C)(C)C)O1. The molecular formula is C39H77N5O8Si3. The molecule has 1 aliphatic heterocycles. The number of nitrogens with one attached hydrogen (secondary N) is 1. The fraction of sp³-hybridized carbons (Fsp3) is 0.897. The predicted molar refractivity (Wildman–Crippen MR) is 224 cm³/mol. The summed E-state index contributed by atoms with van der Waals surface area (Å²) in [6.07, 6.45) is 4.36. The number of hydrogen-bond donors (Lipinski definition) is 2. The van der Waals surface area contributed by atoms with E-state index in [-0.39, 0.29) is 40.5 Å². The molecule has 16 heteroatoms. The standard InChI is InChI=1S/C39H77N5O8Si3/c1-36(2,3)53(12,13)50-29-23-39(48-11,35(46)47-10)49-34(32(29)41-31(45)26-44-25-28(42-43-44)27-21-19-18-20-22-27)33(52-55(16,17)38(7,8)9)30(24-40)51-54(14,15)37(4,5)6/h25,27,29-30,32-34H,18-24,26,40H2,1-17H3,(H,41,45)/t29-,30+,32+,33+,34+,39+/m0/s1. The molecule has 0 spiro atoms. The highest BCUT2D eigenvalue weighted by Gasteiger charge is 2.60. The predicted octanol–water partition coefficient (Wildman–Crippen LogP) is 7.25. The fourth-order valence-corrected chi connectivity index (χ4v) is 10.6. The first-order valence-electron chi connectivity index (χ1n) is 20.3. The van der Waals surface area contributed by atoms with Gasteiger partial charge in [-0.2, -0.15) is 0 Å². The van der Waals surface area contributed by atoms with E-state index in [0.29, 0.717) is 5.92 Å². The molecule has 318 valence electrons. The summed E-state index contributed by atoms with van der Waals surface area (Å²) in [5, 5.41) is 11.6. The quantitative estimate of drug-likeness (QED) is 0.136. The molecule has 1 saturated heterocycles. The molecule has 1 aromatic heterocycles. The van der Waals surface area contributed by atoms with E-state index in [9.17, 15) is 9.59 Å². The molecule has 2 fully saturated rings. The molecule has 0 aromatic carbocycles. The van der Waals surface area contributed by atoms with Crippen molar-refractivity contribution in [1.82, 2.24) is 20.3 Å². The zero-order valence-electron chi connectivity index (χ0n) is 37.4. The van der Waals surface area contributed by atoms with E-state index in [1.165, 1.54) is 33.5 Å². The molecule has 0 unspecified atom stereocenters. The normalized spacial score (nSPS) is 25.0. The van der Waals surface area contributed by atoms with Gasteiger partial charge in [0.15, 0.2) is 25.0 Å². The first-order valence-corrected chi connectivity index (χ1v) is 29.0. The Hall–Kier alpha value is -1.51. The lowest BCUT2D eigenvalue weighted by Gasteiger charge is -2.54. The average Bonchev–Trinajstić information content (AvgIpc) is 3.53. The minimum atomic E-state index is -2.61. The number of methoxy groups -OCH3 is 2. The van der Waals surface area contributed by atoms with Crippen LogP contribution in [0.3, 0.4) is 0 Å². The second kappa shape index (κ2) is 17.8. The van der Waals surface area contributed by atoms with E-state index in [4.69, 9.17) is 33.2 Å². The highest BCUT2D eigenvalue weighted by Crippen LogP contribution is 2.46. The lowest BCUT2D eigenvalue weighted by molar-refractivity contribution is -0.301. The van der Waals surface area contributed by atoms with Gasteiger partial charge in [0.25, 0.3) is 5.79 Å². The highest BCUT2D eigenvalue weighted by molar-refractivity contribution is 6.75. The molecule has 55 heavy (non-hydrogen) atoms. The zero-order chi connectivity index (χ0) is 42.0. The Balaban J connectivity index is 2.25. The van der Waals surface area contributed by atoms with E-state index in [1.807, 2.05) is 6.20 Å². The van der Waals surface area contributed by atoms with Crippen LogP contribution in [0.2, 0.25) is 54.4 Å². The molecule has 3 rings (SSSR count). The van der Waals surface area contributed by atoms with Gasteiger partial charge in [0.2, 0.25) is 5.91 Å². The number of carbonyl (C=O) groups is 2. The van der Waals surface area contributed by atoms with Crippen LogP contribution in [0.4, 0.5) is 0 Å². The van der Waals surface area contributed by atoms with E-state index in [1.54, 1.807) is 4.68 Å². The van der Waals surface area contributed by atoms with E-state index < -0.39 is 67.2 Å². The second-order valence-corrected chi connectivity index (χ2v) is 34.7. The second-order valence-electron chi connectivity index (χ2n) is 20.4. The molecule has 3 N–H and O–H groups in total. The largest absolute Gasteiger partial charge is 0.465 e. The number of ether oxygens (including phenoxy) is 3. The van der Waals surface area contributed by atoms with Gasteiger partial charge in [-0.15, -0.1) is 5.10 Å². The summed E-state index contributed by atoms with van der Waals surface area (Å²) < 4.78 is 41.6. The molecular weight excluding hydrogens is 751 g/mol. The summed E-state index contributed by atoms with van der Waals surface area (Å²) in [7, 11) is -4.89. The van der Waals surface area contributed by atoms with Crippen LogP contribution in [0.25, 0.3) is 0 Å². The van der Waals surface area contributed by atoms with Crippen molar-refractivity contribution in [3.05, 3.63) is 11.9 Å². The first kappa shape index (κ1) is 47.9. The van der Waals surface area contributed by atoms with Crippen LogP contribution in [-0.4, -0.2) is 109 Å². The molecule has 1 aromatic rings. The van der Waals surface area contributed by atoms with Gasteiger partial charge < -0.3 is 38.5 Å². The molecule has 13 nitrogen and oxygen atoms in total. The number of esters is 1. The maximum atomic E-state index is 14.3. The molecule has 1 saturated carbocycles. The minimum Gasteiger partial charge on any atom is -0.465 e. The monoisotopic (exact) mass is 828 g/mol. The number of nitrogens with two attached hydrogens (primary N) is 1. The lowest BCUT2D eigenvalue weighted by atomic mass is 9.87.